The fourth-order valence-corrected chi connectivity index (χ4v) is 3.57. The quantitative estimate of drug-likeness (QED) is 0.766. The Kier molecular flexibility index (Phi) is 7.43. The van der Waals surface area contributed by atoms with Gasteiger partial charge in [-0.15, -0.1) is 0 Å². The predicted octanol–water partition coefficient (Wildman–Crippen LogP) is 3.09. The van der Waals surface area contributed by atoms with Crippen molar-refractivity contribution in [3.63, 3.8) is 0 Å². The number of nitrogens with zero attached hydrogens (tertiary/aromatic N) is 2. The maximum absolute atomic E-state index is 12.7. The lowest BCUT2D eigenvalue weighted by molar-refractivity contribution is -0.117. The number of rotatable bonds is 5. The van der Waals surface area contributed by atoms with Crippen molar-refractivity contribution in [2.24, 2.45) is 0 Å². The fraction of sp³-hybridized carbons (Fsp3) is 0.318. The van der Waals surface area contributed by atoms with E-state index in [1.165, 1.54) is 6.92 Å². The Morgan fingerprint density at radius 1 is 0.933 bits per heavy atom. The van der Waals surface area contributed by atoms with Gasteiger partial charge in [0.1, 0.15) is 0 Å². The van der Waals surface area contributed by atoms with Gasteiger partial charge in [-0.25, -0.2) is 0 Å². The summed E-state index contributed by atoms with van der Waals surface area (Å²) in [7, 11) is 0. The number of hydrogen-bond acceptors (Lipinski definition) is 4. The molecule has 1 fully saturated rings. The van der Waals surface area contributed by atoms with E-state index in [-0.39, 0.29) is 24.3 Å². The lowest BCUT2D eigenvalue weighted by Gasteiger charge is -2.22. The van der Waals surface area contributed by atoms with E-state index in [1.807, 2.05) is 9.80 Å². The molecule has 1 aliphatic rings. The average molecular weight is 429 g/mol. The first-order valence-electron chi connectivity index (χ1n) is 9.85. The van der Waals surface area contributed by atoms with Crippen LogP contribution in [-0.4, -0.2) is 60.2 Å². The van der Waals surface area contributed by atoms with Crippen molar-refractivity contribution in [3.8, 4) is 0 Å². The Morgan fingerprint density at radius 3 is 2.30 bits per heavy atom. The molecular formula is C22H25ClN4O3. The lowest BCUT2D eigenvalue weighted by atomic mass is 10.2. The molecule has 2 aromatic carbocycles. The van der Waals surface area contributed by atoms with Crippen molar-refractivity contribution in [2.75, 3.05) is 43.4 Å². The normalized spacial score (nSPS) is 14.7. The van der Waals surface area contributed by atoms with Gasteiger partial charge in [-0.1, -0.05) is 17.7 Å². The van der Waals surface area contributed by atoms with E-state index in [4.69, 9.17) is 11.6 Å². The molecule has 0 bridgehead atoms. The minimum atomic E-state index is -0.143. The molecule has 1 aliphatic heterocycles. The van der Waals surface area contributed by atoms with Crippen LogP contribution in [0.5, 0.6) is 0 Å². The number of benzene rings is 2. The van der Waals surface area contributed by atoms with Gasteiger partial charge in [-0.2, -0.15) is 0 Å². The molecule has 7 nitrogen and oxygen atoms in total. The maximum atomic E-state index is 12.7. The summed E-state index contributed by atoms with van der Waals surface area (Å²) in [5.74, 6) is -0.296. The molecule has 0 radical (unpaired) electrons. The van der Waals surface area contributed by atoms with Gasteiger partial charge in [0.05, 0.1) is 6.54 Å². The molecule has 0 aliphatic carbocycles. The zero-order valence-corrected chi connectivity index (χ0v) is 17.6. The number of anilines is 2. The summed E-state index contributed by atoms with van der Waals surface area (Å²) in [6.07, 6.45) is 0.797. The molecule has 0 aromatic heterocycles. The number of carbonyl (C=O) groups is 3. The summed E-state index contributed by atoms with van der Waals surface area (Å²) in [5, 5.41) is 6.10. The molecular weight excluding hydrogens is 404 g/mol. The third-order valence-corrected chi connectivity index (χ3v) is 5.04. The first kappa shape index (κ1) is 21.8. The Hall–Kier alpha value is -2.90. The highest BCUT2D eigenvalue weighted by molar-refractivity contribution is 6.30. The third-order valence-electron chi connectivity index (χ3n) is 4.80. The first-order chi connectivity index (χ1) is 14.4. The molecule has 0 atom stereocenters. The first-order valence-corrected chi connectivity index (χ1v) is 10.2. The predicted molar refractivity (Wildman–Crippen MR) is 118 cm³/mol. The van der Waals surface area contributed by atoms with Crippen LogP contribution in [0.25, 0.3) is 0 Å². The van der Waals surface area contributed by atoms with E-state index in [0.29, 0.717) is 41.6 Å². The second-order valence-corrected chi connectivity index (χ2v) is 7.68. The van der Waals surface area contributed by atoms with Crippen LogP contribution in [0.3, 0.4) is 0 Å². The molecule has 158 valence electrons. The van der Waals surface area contributed by atoms with Crippen LogP contribution in [0.1, 0.15) is 23.7 Å². The molecule has 2 N–H and O–H groups in total. The van der Waals surface area contributed by atoms with Gasteiger partial charge in [0.25, 0.3) is 5.91 Å². The molecule has 3 rings (SSSR count). The average Bonchev–Trinajstić information content (AvgIpc) is 2.94. The van der Waals surface area contributed by atoms with Crippen LogP contribution in [-0.2, 0) is 9.59 Å². The number of nitrogens with one attached hydrogen (secondary N) is 2. The number of carbonyl (C=O) groups excluding carboxylic acids is 3. The molecule has 8 heteroatoms. The topological polar surface area (TPSA) is 81.8 Å². The minimum absolute atomic E-state index is 0.0388. The van der Waals surface area contributed by atoms with Crippen LogP contribution < -0.4 is 10.6 Å². The monoisotopic (exact) mass is 428 g/mol. The SMILES string of the molecule is CC(=O)Nc1ccc(NC(=O)CN2CCCN(C(=O)c3cccc(Cl)c3)CC2)cc1. The third kappa shape index (κ3) is 6.30. The number of amides is 3. The largest absolute Gasteiger partial charge is 0.337 e. The molecule has 0 unspecified atom stereocenters. The summed E-state index contributed by atoms with van der Waals surface area (Å²) in [4.78, 5) is 40.1. The van der Waals surface area contributed by atoms with Crippen molar-refractivity contribution in [1.82, 2.24) is 9.80 Å². The van der Waals surface area contributed by atoms with Crippen LogP contribution in [0.15, 0.2) is 48.5 Å². The van der Waals surface area contributed by atoms with Gasteiger partial charge in [0.15, 0.2) is 0 Å². The van der Waals surface area contributed by atoms with Crippen LogP contribution >= 0.6 is 11.6 Å². The molecule has 1 saturated heterocycles. The maximum Gasteiger partial charge on any atom is 0.253 e. The van der Waals surface area contributed by atoms with E-state index in [0.717, 1.165) is 13.0 Å². The van der Waals surface area contributed by atoms with Crippen molar-refractivity contribution in [2.45, 2.75) is 13.3 Å². The molecule has 0 spiro atoms. The summed E-state index contributed by atoms with van der Waals surface area (Å²) in [6, 6.07) is 13.9. The summed E-state index contributed by atoms with van der Waals surface area (Å²) in [6.45, 7) is 4.28. The van der Waals surface area contributed by atoms with E-state index >= 15 is 0 Å². The van der Waals surface area contributed by atoms with E-state index in [1.54, 1.807) is 48.5 Å². The Labute approximate surface area is 181 Å². The molecule has 3 amide bonds. The zero-order valence-electron chi connectivity index (χ0n) is 16.9. The van der Waals surface area contributed by atoms with E-state index < -0.39 is 0 Å². The smallest absolute Gasteiger partial charge is 0.253 e. The Bertz CT molecular complexity index is 917. The van der Waals surface area contributed by atoms with Crippen LogP contribution in [0, 0.1) is 0 Å². The van der Waals surface area contributed by atoms with E-state index in [2.05, 4.69) is 10.6 Å². The van der Waals surface area contributed by atoms with Gasteiger partial charge in [0.2, 0.25) is 11.8 Å². The van der Waals surface area contributed by atoms with Gasteiger partial charge in [0, 0.05) is 55.1 Å². The minimum Gasteiger partial charge on any atom is -0.337 e. The molecule has 30 heavy (non-hydrogen) atoms. The number of halogens is 1. The van der Waals surface area contributed by atoms with Crippen molar-refractivity contribution in [1.29, 1.82) is 0 Å². The lowest BCUT2D eigenvalue weighted by Crippen LogP contribution is -2.38. The summed E-state index contributed by atoms with van der Waals surface area (Å²) >= 11 is 6.00. The van der Waals surface area contributed by atoms with Crippen LogP contribution in [0.2, 0.25) is 5.02 Å². The standard InChI is InChI=1S/C22H25ClN4O3/c1-16(28)24-19-6-8-20(9-7-19)25-21(29)15-26-10-3-11-27(13-12-26)22(30)17-4-2-5-18(23)14-17/h2,4-9,14H,3,10-13,15H2,1H3,(H,24,28)(H,25,29). The summed E-state index contributed by atoms with van der Waals surface area (Å²) < 4.78 is 0. The van der Waals surface area contributed by atoms with E-state index in [9.17, 15) is 14.4 Å². The van der Waals surface area contributed by atoms with Crippen molar-refractivity contribution in [3.05, 3.63) is 59.1 Å². The highest BCUT2D eigenvalue weighted by atomic mass is 35.5. The van der Waals surface area contributed by atoms with Crippen molar-refractivity contribution >= 4 is 40.7 Å². The van der Waals surface area contributed by atoms with Gasteiger partial charge < -0.3 is 15.5 Å². The fourth-order valence-electron chi connectivity index (χ4n) is 3.38. The van der Waals surface area contributed by atoms with Crippen LogP contribution in [0.4, 0.5) is 11.4 Å². The van der Waals surface area contributed by atoms with Gasteiger partial charge >= 0.3 is 0 Å². The van der Waals surface area contributed by atoms with Crippen molar-refractivity contribution < 1.29 is 14.4 Å². The highest BCUT2D eigenvalue weighted by Gasteiger charge is 2.21. The second kappa shape index (κ2) is 10.2. The molecule has 1 heterocycles. The highest BCUT2D eigenvalue weighted by Crippen LogP contribution is 2.15. The summed E-state index contributed by atoms with van der Waals surface area (Å²) in [5.41, 5.74) is 1.93. The van der Waals surface area contributed by atoms with Gasteiger partial charge in [-0.05, 0) is 48.9 Å². The second-order valence-electron chi connectivity index (χ2n) is 7.24. The Morgan fingerprint density at radius 2 is 1.63 bits per heavy atom. The number of hydrogen-bond donors (Lipinski definition) is 2. The zero-order chi connectivity index (χ0) is 21.5. The molecule has 2 aromatic rings. The van der Waals surface area contributed by atoms with Gasteiger partial charge in [-0.3, -0.25) is 19.3 Å². The molecule has 0 saturated carbocycles. The Balaban J connectivity index is 1.50.